The van der Waals surface area contributed by atoms with Crippen LogP contribution in [0.15, 0.2) is 54.6 Å². The van der Waals surface area contributed by atoms with Crippen LogP contribution >= 0.6 is 0 Å². The van der Waals surface area contributed by atoms with Gasteiger partial charge in [-0.05, 0) is 73.4 Å². The van der Waals surface area contributed by atoms with Crippen LogP contribution in [0.4, 0.5) is 11.4 Å². The molecule has 0 radical (unpaired) electrons. The molecule has 2 aliphatic rings. The zero-order valence-electron chi connectivity index (χ0n) is 17.2. The van der Waals surface area contributed by atoms with Crippen LogP contribution in [-0.2, 0) is 16.9 Å². The Morgan fingerprint density at radius 2 is 1.80 bits per heavy atom. The van der Waals surface area contributed by atoms with Gasteiger partial charge in [0.05, 0.1) is 11.0 Å². The van der Waals surface area contributed by atoms with Crippen molar-refractivity contribution in [3.05, 3.63) is 76.9 Å². The van der Waals surface area contributed by atoms with Crippen molar-refractivity contribution in [1.82, 2.24) is 9.55 Å². The number of benzene rings is 3. The summed E-state index contributed by atoms with van der Waals surface area (Å²) in [5.74, 6) is 0.730. The van der Waals surface area contributed by atoms with Crippen LogP contribution in [0.5, 0.6) is 0 Å². The van der Waals surface area contributed by atoms with Gasteiger partial charge >= 0.3 is 0 Å². The van der Waals surface area contributed by atoms with Gasteiger partial charge in [0.1, 0.15) is 5.82 Å². The Morgan fingerprint density at radius 3 is 2.63 bits per heavy atom. The molecule has 30 heavy (non-hydrogen) atoms. The fraction of sp³-hybridized carbons (Fsp3) is 0.200. The largest absolute Gasteiger partial charge is 0.350 e. The number of fused-ring (bicyclic) bond motifs is 8. The highest BCUT2D eigenvalue weighted by Gasteiger charge is 2.53. The molecule has 0 saturated carbocycles. The first-order valence-electron chi connectivity index (χ1n) is 10.4. The first kappa shape index (κ1) is 17.3. The van der Waals surface area contributed by atoms with E-state index in [2.05, 4.69) is 66.3 Å². The Kier molecular flexibility index (Phi) is 3.30. The van der Waals surface area contributed by atoms with Crippen molar-refractivity contribution >= 4 is 28.3 Å². The second-order valence-corrected chi connectivity index (χ2v) is 8.26. The van der Waals surface area contributed by atoms with E-state index >= 15 is 0 Å². The van der Waals surface area contributed by atoms with Gasteiger partial charge in [-0.3, -0.25) is 9.36 Å². The number of nitrogens with one attached hydrogen (secondary N) is 2. The number of amides is 1. The smallest absolute Gasteiger partial charge is 0.276 e. The summed E-state index contributed by atoms with van der Waals surface area (Å²) in [6.07, 6.45) is 0.907. The molecule has 1 aromatic heterocycles. The molecule has 0 aliphatic carbocycles. The van der Waals surface area contributed by atoms with Gasteiger partial charge in [0.25, 0.3) is 5.91 Å². The minimum Gasteiger partial charge on any atom is -0.350 e. The third kappa shape index (κ3) is 2.02. The molecule has 0 bridgehead atoms. The molecule has 2 N–H and O–H groups in total. The van der Waals surface area contributed by atoms with E-state index in [-0.39, 0.29) is 5.91 Å². The van der Waals surface area contributed by atoms with Gasteiger partial charge in [0, 0.05) is 22.5 Å². The molecular formula is C25H22N4O. The third-order valence-electron chi connectivity index (χ3n) is 6.55. The van der Waals surface area contributed by atoms with Crippen LogP contribution in [0, 0.1) is 13.8 Å². The van der Waals surface area contributed by atoms with Crippen LogP contribution in [0.3, 0.4) is 0 Å². The van der Waals surface area contributed by atoms with Gasteiger partial charge in [-0.2, -0.15) is 0 Å². The van der Waals surface area contributed by atoms with Crippen molar-refractivity contribution in [2.24, 2.45) is 0 Å². The maximum atomic E-state index is 13.7. The Balaban J connectivity index is 1.78. The summed E-state index contributed by atoms with van der Waals surface area (Å²) >= 11 is 0. The third-order valence-corrected chi connectivity index (χ3v) is 6.55. The minimum atomic E-state index is -1.07. The lowest BCUT2D eigenvalue weighted by atomic mass is 9.93. The van der Waals surface area contributed by atoms with Gasteiger partial charge in [-0.15, -0.1) is 0 Å². The van der Waals surface area contributed by atoms with Crippen LogP contribution < -0.4 is 10.6 Å². The minimum absolute atomic E-state index is 0.0842. The van der Waals surface area contributed by atoms with E-state index in [0.29, 0.717) is 0 Å². The molecule has 1 amide bonds. The van der Waals surface area contributed by atoms with Crippen molar-refractivity contribution < 1.29 is 4.79 Å². The van der Waals surface area contributed by atoms with E-state index in [1.165, 1.54) is 16.7 Å². The van der Waals surface area contributed by atoms with E-state index in [4.69, 9.17) is 4.98 Å². The Bertz CT molecular complexity index is 1380. The number of para-hydroxylation sites is 1. The Hall–Kier alpha value is -3.60. The fourth-order valence-corrected chi connectivity index (χ4v) is 4.79. The predicted molar refractivity (Wildman–Crippen MR) is 120 cm³/mol. The number of carbonyl (C=O) groups excluding carboxylic acids is 1. The summed E-state index contributed by atoms with van der Waals surface area (Å²) in [5, 5.41) is 6.72. The van der Waals surface area contributed by atoms with Gasteiger partial charge in [-0.25, -0.2) is 4.98 Å². The number of imidazole rings is 1. The summed E-state index contributed by atoms with van der Waals surface area (Å²) in [6, 6.07) is 18.6. The summed E-state index contributed by atoms with van der Waals surface area (Å²) in [7, 11) is 0. The first-order chi connectivity index (χ1) is 14.5. The van der Waals surface area contributed by atoms with Crippen LogP contribution in [0.25, 0.3) is 22.4 Å². The molecule has 3 heterocycles. The maximum Gasteiger partial charge on any atom is 0.276 e. The number of nitrogens with zero attached hydrogens (tertiary/aromatic N) is 2. The average molecular weight is 394 g/mol. The van der Waals surface area contributed by atoms with Crippen molar-refractivity contribution in [3.63, 3.8) is 0 Å². The standard InChI is InChI=1S/C25H22N4O/c1-4-16-9-10-20-18(13-16)25(24(30)27-20)28-19-8-6-5-7-17(19)23-26-21-11-14(2)15(3)12-22(21)29(23)25/h5-13,28H,4H2,1-3H3,(H,27,30). The van der Waals surface area contributed by atoms with E-state index in [1.54, 1.807) is 0 Å². The molecule has 4 aromatic rings. The average Bonchev–Trinajstić information content (AvgIpc) is 3.24. The van der Waals surface area contributed by atoms with Crippen molar-refractivity contribution in [3.8, 4) is 11.4 Å². The number of hydrogen-bond donors (Lipinski definition) is 2. The Labute approximate surface area is 174 Å². The van der Waals surface area contributed by atoms with Crippen molar-refractivity contribution in [2.45, 2.75) is 32.9 Å². The lowest BCUT2D eigenvalue weighted by Crippen LogP contribution is -2.50. The normalized spacial score (nSPS) is 18.7. The number of aryl methyl sites for hydroxylation is 3. The molecule has 1 atom stereocenters. The molecule has 2 aliphatic heterocycles. The lowest BCUT2D eigenvalue weighted by molar-refractivity contribution is -0.120. The van der Waals surface area contributed by atoms with Crippen LogP contribution in [-0.4, -0.2) is 15.5 Å². The van der Waals surface area contributed by atoms with Gasteiger partial charge in [0.2, 0.25) is 5.66 Å². The number of rotatable bonds is 1. The molecule has 6 rings (SSSR count). The second kappa shape index (κ2) is 5.72. The van der Waals surface area contributed by atoms with Crippen molar-refractivity contribution in [2.75, 3.05) is 10.6 Å². The SMILES string of the molecule is CCc1ccc2c(c1)C1(Nc3ccccc3-c3nc4cc(C)c(C)cc4n31)C(=O)N2. The fourth-order valence-electron chi connectivity index (χ4n) is 4.79. The molecule has 0 fully saturated rings. The van der Waals surface area contributed by atoms with E-state index in [9.17, 15) is 4.79 Å². The molecule has 3 aromatic carbocycles. The monoisotopic (exact) mass is 394 g/mol. The highest BCUT2D eigenvalue weighted by Crippen LogP contribution is 2.49. The molecule has 148 valence electrons. The highest BCUT2D eigenvalue weighted by molar-refractivity contribution is 6.10. The first-order valence-corrected chi connectivity index (χ1v) is 10.4. The van der Waals surface area contributed by atoms with Crippen molar-refractivity contribution in [1.29, 1.82) is 0 Å². The quantitative estimate of drug-likeness (QED) is 0.480. The van der Waals surface area contributed by atoms with E-state index in [0.717, 1.165) is 45.8 Å². The Morgan fingerprint density at radius 1 is 1.00 bits per heavy atom. The number of carbonyl (C=O) groups is 1. The second-order valence-electron chi connectivity index (χ2n) is 8.26. The number of aromatic nitrogens is 2. The zero-order valence-corrected chi connectivity index (χ0v) is 17.2. The maximum absolute atomic E-state index is 13.7. The summed E-state index contributed by atoms with van der Waals surface area (Å²) in [4.78, 5) is 18.7. The van der Waals surface area contributed by atoms with E-state index in [1.807, 2.05) is 24.3 Å². The molecular weight excluding hydrogens is 372 g/mol. The molecule has 0 saturated heterocycles. The number of hydrogen-bond acceptors (Lipinski definition) is 3. The summed E-state index contributed by atoms with van der Waals surface area (Å²) in [5.41, 5.74) is 8.07. The summed E-state index contributed by atoms with van der Waals surface area (Å²) in [6.45, 7) is 6.33. The van der Waals surface area contributed by atoms with E-state index < -0.39 is 5.66 Å². The number of anilines is 2. The highest BCUT2D eigenvalue weighted by atomic mass is 16.2. The van der Waals surface area contributed by atoms with Gasteiger partial charge in [0.15, 0.2) is 0 Å². The van der Waals surface area contributed by atoms with Gasteiger partial charge < -0.3 is 10.6 Å². The molecule has 5 heteroatoms. The molecule has 5 nitrogen and oxygen atoms in total. The molecule has 1 unspecified atom stereocenters. The zero-order chi connectivity index (χ0) is 20.6. The van der Waals surface area contributed by atoms with Crippen LogP contribution in [0.1, 0.15) is 29.2 Å². The molecule has 1 spiro atoms. The van der Waals surface area contributed by atoms with Gasteiger partial charge in [-0.1, -0.05) is 25.1 Å². The predicted octanol–water partition coefficient (Wildman–Crippen LogP) is 4.96. The lowest BCUT2D eigenvalue weighted by Gasteiger charge is -2.37. The summed E-state index contributed by atoms with van der Waals surface area (Å²) < 4.78 is 2.09. The topological polar surface area (TPSA) is 59.0 Å². The van der Waals surface area contributed by atoms with Crippen LogP contribution in [0.2, 0.25) is 0 Å².